The minimum absolute atomic E-state index is 0. The largest absolute Gasteiger partial charge is 1.00 e. The highest BCUT2D eigenvalue weighted by Gasteiger charge is 1.83. The Morgan fingerprint density at radius 2 is 1.80 bits per heavy atom. The highest BCUT2D eigenvalue weighted by atomic mass is 35.5. The molecule has 0 heterocycles. The molecule has 0 aliphatic carbocycles. The van der Waals surface area contributed by atoms with Crippen LogP contribution in [0.1, 0.15) is 5.56 Å². The van der Waals surface area contributed by atoms with Crippen molar-refractivity contribution < 1.29 is 12.4 Å². The van der Waals surface area contributed by atoms with Gasteiger partial charge in [0.25, 0.3) is 0 Å². The van der Waals surface area contributed by atoms with Gasteiger partial charge in [-0.25, -0.2) is 0 Å². The molecule has 1 aromatic carbocycles. The number of benzene rings is 1. The fraction of sp³-hybridized carbons (Fsp3) is 0.143. The molecule has 0 saturated heterocycles. The molecule has 0 unspecified atom stereocenters. The molecule has 0 amide bonds. The third-order valence-corrected chi connectivity index (χ3v) is 1.15. The van der Waals surface area contributed by atoms with E-state index in [0.29, 0.717) is 0 Å². The zero-order valence-corrected chi connectivity index (χ0v) is 6.31. The molecule has 0 bridgehead atoms. The van der Waals surface area contributed by atoms with Crippen LogP contribution in [0.15, 0.2) is 30.3 Å². The van der Waals surface area contributed by atoms with Gasteiger partial charge in [0, 0.05) is 6.54 Å². The molecule has 0 fully saturated rings. The van der Waals surface area contributed by atoms with Crippen LogP contribution in [0, 0.1) is 0 Å². The molecule has 0 saturated carbocycles. The van der Waals surface area contributed by atoms with Gasteiger partial charge in [-0.2, -0.15) is 0 Å². The van der Waals surface area contributed by atoms with Crippen LogP contribution in [0.3, 0.4) is 0 Å². The molecule has 0 aromatic heterocycles. The molecule has 0 spiro atoms. The van der Waals surface area contributed by atoms with Gasteiger partial charge < -0.3 is 12.4 Å². The number of rotatable bonds is 2. The summed E-state index contributed by atoms with van der Waals surface area (Å²) >= 11 is 0. The van der Waals surface area contributed by atoms with E-state index in [4.69, 9.17) is 5.84 Å². The van der Waals surface area contributed by atoms with Crippen molar-refractivity contribution in [3.05, 3.63) is 35.9 Å². The topological polar surface area (TPSA) is 38.0 Å². The summed E-state index contributed by atoms with van der Waals surface area (Å²) in [5, 5.41) is 0. The summed E-state index contributed by atoms with van der Waals surface area (Å²) in [6, 6.07) is 10.0. The fourth-order valence-corrected chi connectivity index (χ4v) is 0.714. The Morgan fingerprint density at radius 1 is 1.20 bits per heavy atom. The summed E-state index contributed by atoms with van der Waals surface area (Å²) in [4.78, 5) is 0. The number of hydrogen-bond acceptors (Lipinski definition) is 2. The molecule has 0 aliphatic heterocycles. The smallest absolute Gasteiger partial charge is 0.0348 e. The molecule has 1 rings (SSSR count). The second-order valence-electron chi connectivity index (χ2n) is 1.87. The first kappa shape index (κ1) is 9.43. The van der Waals surface area contributed by atoms with Crippen molar-refractivity contribution in [2.24, 2.45) is 5.84 Å². The molecule has 0 aliphatic rings. The summed E-state index contributed by atoms with van der Waals surface area (Å²) in [6.07, 6.45) is 0. The maximum atomic E-state index is 5.11. The van der Waals surface area contributed by atoms with E-state index < -0.39 is 0 Å². The lowest BCUT2D eigenvalue weighted by molar-refractivity contribution is -0.00000197. The predicted octanol–water partition coefficient (Wildman–Crippen LogP) is -2.35. The first-order valence-electron chi connectivity index (χ1n) is 2.91. The van der Waals surface area contributed by atoms with E-state index in [1.807, 2.05) is 30.3 Å². The third-order valence-electron chi connectivity index (χ3n) is 1.15. The van der Waals surface area contributed by atoms with Gasteiger partial charge in [-0.05, 0) is 5.56 Å². The van der Waals surface area contributed by atoms with Crippen molar-refractivity contribution in [3.63, 3.8) is 0 Å². The molecule has 3 heteroatoms. The summed E-state index contributed by atoms with van der Waals surface area (Å²) in [7, 11) is 0. The second-order valence-corrected chi connectivity index (χ2v) is 1.87. The Hall–Kier alpha value is -0.570. The van der Waals surface area contributed by atoms with Crippen LogP contribution in [0.4, 0.5) is 0 Å². The first-order valence-corrected chi connectivity index (χ1v) is 2.91. The van der Waals surface area contributed by atoms with Crippen molar-refractivity contribution in [2.45, 2.75) is 6.54 Å². The summed E-state index contributed by atoms with van der Waals surface area (Å²) in [5.74, 6) is 5.11. The van der Waals surface area contributed by atoms with Crippen LogP contribution in [0.25, 0.3) is 0 Å². The Labute approximate surface area is 66.8 Å². The van der Waals surface area contributed by atoms with E-state index in [2.05, 4.69) is 5.43 Å². The lowest BCUT2D eigenvalue weighted by Crippen LogP contribution is -3.00. The zero-order valence-electron chi connectivity index (χ0n) is 5.55. The van der Waals surface area contributed by atoms with Crippen LogP contribution < -0.4 is 23.7 Å². The van der Waals surface area contributed by atoms with Crippen LogP contribution in [-0.2, 0) is 6.54 Å². The van der Waals surface area contributed by atoms with Gasteiger partial charge in [-0.3, -0.25) is 11.3 Å². The molecule has 0 atom stereocenters. The van der Waals surface area contributed by atoms with Crippen molar-refractivity contribution in [3.8, 4) is 0 Å². The average Bonchev–Trinajstić information content (AvgIpc) is 1.91. The lowest BCUT2D eigenvalue weighted by atomic mass is 10.2. The van der Waals surface area contributed by atoms with Crippen molar-refractivity contribution in [1.82, 2.24) is 5.43 Å². The molecule has 0 radical (unpaired) electrons. The van der Waals surface area contributed by atoms with Crippen LogP contribution in [0.5, 0.6) is 0 Å². The van der Waals surface area contributed by atoms with Crippen LogP contribution in [-0.4, -0.2) is 0 Å². The minimum atomic E-state index is 0. The van der Waals surface area contributed by atoms with Crippen molar-refractivity contribution >= 4 is 0 Å². The third kappa shape index (κ3) is 2.82. The van der Waals surface area contributed by atoms with Gasteiger partial charge in [0.15, 0.2) is 0 Å². The number of halogens is 1. The molecule has 3 N–H and O–H groups in total. The number of hydrogen-bond donors (Lipinski definition) is 2. The van der Waals surface area contributed by atoms with E-state index in [1.54, 1.807) is 0 Å². The maximum Gasteiger partial charge on any atom is 0.0348 e. The van der Waals surface area contributed by atoms with Gasteiger partial charge in [0.1, 0.15) is 0 Å². The minimum Gasteiger partial charge on any atom is -1.00 e. The van der Waals surface area contributed by atoms with Gasteiger partial charge >= 0.3 is 0 Å². The van der Waals surface area contributed by atoms with E-state index in [0.717, 1.165) is 6.54 Å². The Balaban J connectivity index is 0.000000810. The monoisotopic (exact) mass is 157 g/mol. The SMILES string of the molecule is NNCc1ccccc1.[Cl-]. The van der Waals surface area contributed by atoms with Crippen molar-refractivity contribution in [2.75, 3.05) is 0 Å². The molecule has 2 nitrogen and oxygen atoms in total. The number of hydrazine groups is 1. The Morgan fingerprint density at radius 3 is 2.30 bits per heavy atom. The molecular weight excluding hydrogens is 148 g/mol. The van der Waals surface area contributed by atoms with E-state index in [1.165, 1.54) is 5.56 Å². The molecule has 1 aromatic rings. The predicted molar refractivity (Wildman–Crippen MR) is 37.5 cm³/mol. The maximum absolute atomic E-state index is 5.11. The van der Waals surface area contributed by atoms with E-state index >= 15 is 0 Å². The van der Waals surface area contributed by atoms with Gasteiger partial charge in [0.2, 0.25) is 0 Å². The fourth-order valence-electron chi connectivity index (χ4n) is 0.714. The average molecular weight is 158 g/mol. The summed E-state index contributed by atoms with van der Waals surface area (Å²) in [6.45, 7) is 0.737. The van der Waals surface area contributed by atoms with E-state index in [9.17, 15) is 0 Å². The van der Waals surface area contributed by atoms with Gasteiger partial charge in [-0.15, -0.1) is 0 Å². The Kier molecular flexibility index (Phi) is 4.94. The summed E-state index contributed by atoms with van der Waals surface area (Å²) in [5.41, 5.74) is 3.79. The normalized spacial score (nSPS) is 8.50. The standard InChI is InChI=1S/C7H10N2.ClH/c8-9-6-7-4-2-1-3-5-7;/h1-5,9H,6,8H2;1H/p-1. The molecule has 56 valence electrons. The van der Waals surface area contributed by atoms with Gasteiger partial charge in [0.05, 0.1) is 0 Å². The zero-order chi connectivity index (χ0) is 6.53. The second kappa shape index (κ2) is 5.23. The molecule has 10 heavy (non-hydrogen) atoms. The summed E-state index contributed by atoms with van der Waals surface area (Å²) < 4.78 is 0. The Bertz CT molecular complexity index is 165. The van der Waals surface area contributed by atoms with E-state index in [-0.39, 0.29) is 12.4 Å². The van der Waals surface area contributed by atoms with Crippen LogP contribution in [0.2, 0.25) is 0 Å². The highest BCUT2D eigenvalue weighted by molar-refractivity contribution is 5.13. The first-order chi connectivity index (χ1) is 4.43. The number of nitrogens with two attached hydrogens (primary N) is 1. The quantitative estimate of drug-likeness (QED) is 0.373. The highest BCUT2D eigenvalue weighted by Crippen LogP contribution is 1.95. The number of nitrogens with one attached hydrogen (secondary N) is 1. The lowest BCUT2D eigenvalue weighted by Gasteiger charge is -1.95. The van der Waals surface area contributed by atoms with Crippen LogP contribution >= 0.6 is 0 Å². The van der Waals surface area contributed by atoms with Gasteiger partial charge in [-0.1, -0.05) is 30.3 Å². The molecular formula is C7H10ClN2-. The van der Waals surface area contributed by atoms with Crippen molar-refractivity contribution in [1.29, 1.82) is 0 Å².